The van der Waals surface area contributed by atoms with E-state index in [4.69, 9.17) is 4.74 Å². The van der Waals surface area contributed by atoms with Crippen LogP contribution in [-0.2, 0) is 16.8 Å². The number of amides is 2. The molecule has 0 saturated heterocycles. The third-order valence-corrected chi connectivity index (χ3v) is 6.84. The van der Waals surface area contributed by atoms with E-state index in [1.807, 2.05) is 19.1 Å². The fourth-order valence-electron chi connectivity index (χ4n) is 3.07. The van der Waals surface area contributed by atoms with Gasteiger partial charge in [0.25, 0.3) is 11.8 Å². The lowest BCUT2D eigenvalue weighted by molar-refractivity contribution is -0.121. The van der Waals surface area contributed by atoms with Crippen LogP contribution in [0.5, 0.6) is 5.75 Å². The smallest absolute Gasteiger partial charge is 0.270 e. The van der Waals surface area contributed by atoms with Gasteiger partial charge in [0.2, 0.25) is 0 Å². The van der Waals surface area contributed by atoms with E-state index in [2.05, 4.69) is 51.0 Å². The average Bonchev–Trinajstić information content (AvgIpc) is 3.18. The van der Waals surface area contributed by atoms with Crippen LogP contribution in [0.1, 0.15) is 69.0 Å². The molecule has 3 rings (SSSR count). The summed E-state index contributed by atoms with van der Waals surface area (Å²) in [5, 5.41) is 5.44. The number of anilines is 1. The van der Waals surface area contributed by atoms with Gasteiger partial charge >= 0.3 is 0 Å². The number of hydrogen-bond acceptors (Lipinski definition) is 5. The van der Waals surface area contributed by atoms with Crippen molar-refractivity contribution in [1.82, 2.24) is 10.3 Å². The number of benzene rings is 1. The molecule has 30 heavy (non-hydrogen) atoms. The Labute approximate surface area is 182 Å². The van der Waals surface area contributed by atoms with Gasteiger partial charge in [-0.1, -0.05) is 40.7 Å². The number of thiazole rings is 1. The van der Waals surface area contributed by atoms with Gasteiger partial charge in [-0.3, -0.25) is 14.5 Å². The summed E-state index contributed by atoms with van der Waals surface area (Å²) in [5.41, 5.74) is 2.32. The molecule has 1 aromatic carbocycles. The highest BCUT2D eigenvalue weighted by Gasteiger charge is 2.29. The van der Waals surface area contributed by atoms with E-state index in [0.29, 0.717) is 23.9 Å². The van der Waals surface area contributed by atoms with E-state index < -0.39 is 0 Å². The number of hydrogen-bond donors (Lipinski definition) is 1. The molecule has 0 radical (unpaired) electrons. The Balaban J connectivity index is 1.83. The summed E-state index contributed by atoms with van der Waals surface area (Å²) in [7, 11) is 0. The summed E-state index contributed by atoms with van der Waals surface area (Å²) < 4.78 is 5.64. The topological polar surface area (TPSA) is 71.5 Å². The van der Waals surface area contributed by atoms with Gasteiger partial charge in [0.15, 0.2) is 6.61 Å². The molecule has 2 heterocycles. The van der Waals surface area contributed by atoms with Crippen LogP contribution in [0.15, 0.2) is 23.6 Å². The minimum absolute atomic E-state index is 0.000737. The Kier molecular flexibility index (Phi) is 6.50. The van der Waals surface area contributed by atoms with E-state index in [9.17, 15) is 9.59 Å². The van der Waals surface area contributed by atoms with E-state index in [1.165, 1.54) is 11.3 Å². The number of aromatic nitrogens is 1. The molecule has 162 valence electrons. The van der Waals surface area contributed by atoms with Crippen molar-refractivity contribution in [3.05, 3.63) is 39.8 Å². The molecule has 1 aliphatic heterocycles. The van der Waals surface area contributed by atoms with Crippen LogP contribution >= 0.6 is 11.3 Å². The third kappa shape index (κ3) is 4.67. The Morgan fingerprint density at radius 1 is 1.33 bits per heavy atom. The summed E-state index contributed by atoms with van der Waals surface area (Å²) in [6.07, 6.45) is 0.986. The summed E-state index contributed by atoms with van der Waals surface area (Å²) in [4.78, 5) is 31.3. The molecule has 1 aromatic heterocycles. The van der Waals surface area contributed by atoms with Crippen molar-refractivity contribution in [3.8, 4) is 5.75 Å². The largest absolute Gasteiger partial charge is 0.482 e. The van der Waals surface area contributed by atoms with Crippen LogP contribution in [0.4, 0.5) is 5.69 Å². The van der Waals surface area contributed by atoms with Crippen molar-refractivity contribution in [2.45, 2.75) is 66.0 Å². The van der Waals surface area contributed by atoms with Gasteiger partial charge in [0.05, 0.1) is 12.2 Å². The molecule has 0 fully saturated rings. The van der Waals surface area contributed by atoms with Crippen molar-refractivity contribution < 1.29 is 14.3 Å². The number of nitrogens with one attached hydrogen (secondary N) is 1. The van der Waals surface area contributed by atoms with Crippen LogP contribution < -0.4 is 15.0 Å². The number of ether oxygens (including phenoxy) is 1. The van der Waals surface area contributed by atoms with Gasteiger partial charge in [0.1, 0.15) is 16.5 Å². The maximum atomic E-state index is 12.7. The molecule has 1 N–H and O–H groups in total. The molecule has 1 aliphatic rings. The zero-order valence-electron chi connectivity index (χ0n) is 18.6. The van der Waals surface area contributed by atoms with Crippen LogP contribution in [0, 0.1) is 5.92 Å². The monoisotopic (exact) mass is 429 g/mol. The molecule has 0 aliphatic carbocycles. The minimum Gasteiger partial charge on any atom is -0.482 e. The molecule has 0 spiro atoms. The number of carbonyl (C=O) groups excluding carboxylic acids is 2. The van der Waals surface area contributed by atoms with Gasteiger partial charge in [-0.05, 0) is 42.4 Å². The molecule has 2 amide bonds. The van der Waals surface area contributed by atoms with Gasteiger partial charge in [0, 0.05) is 11.4 Å². The maximum absolute atomic E-state index is 12.7. The highest BCUT2D eigenvalue weighted by molar-refractivity contribution is 7.09. The van der Waals surface area contributed by atoms with Crippen LogP contribution in [0.25, 0.3) is 0 Å². The predicted molar refractivity (Wildman–Crippen MR) is 120 cm³/mol. The molecule has 0 bridgehead atoms. The normalized spacial score (nSPS) is 15.0. The maximum Gasteiger partial charge on any atom is 0.270 e. The molecule has 0 saturated carbocycles. The standard InChI is InChI=1S/C23H31N3O3S/c1-7-23(5,6)16-8-9-19-18(10-16)26(21(27)12-29-19)11-20-25-17(13-30-20)22(28)24-15(4)14(2)3/h8-10,13-15H,7,11-12H2,1-6H3,(H,24,28). The van der Waals surface area contributed by atoms with E-state index in [1.54, 1.807) is 10.3 Å². The Morgan fingerprint density at radius 3 is 2.73 bits per heavy atom. The predicted octanol–water partition coefficient (Wildman–Crippen LogP) is 4.53. The molecule has 7 heteroatoms. The van der Waals surface area contributed by atoms with Crippen molar-refractivity contribution in [1.29, 1.82) is 0 Å². The first kappa shape index (κ1) is 22.3. The highest BCUT2D eigenvalue weighted by Crippen LogP contribution is 2.38. The fourth-order valence-corrected chi connectivity index (χ4v) is 3.83. The lowest BCUT2D eigenvalue weighted by Crippen LogP contribution is -2.38. The average molecular weight is 430 g/mol. The first-order valence-electron chi connectivity index (χ1n) is 10.5. The van der Waals surface area contributed by atoms with Crippen molar-refractivity contribution in [2.75, 3.05) is 11.5 Å². The Hall–Kier alpha value is -2.41. The zero-order valence-corrected chi connectivity index (χ0v) is 19.4. The van der Waals surface area contributed by atoms with Gasteiger partial charge in [-0.25, -0.2) is 4.98 Å². The Bertz CT molecular complexity index is 936. The zero-order chi connectivity index (χ0) is 22.1. The number of rotatable bonds is 7. The van der Waals surface area contributed by atoms with Gasteiger partial charge in [-0.2, -0.15) is 0 Å². The van der Waals surface area contributed by atoms with Crippen molar-refractivity contribution in [2.24, 2.45) is 5.92 Å². The van der Waals surface area contributed by atoms with E-state index in [0.717, 1.165) is 22.7 Å². The van der Waals surface area contributed by atoms with Gasteiger partial charge in [-0.15, -0.1) is 11.3 Å². The highest BCUT2D eigenvalue weighted by atomic mass is 32.1. The molecular weight excluding hydrogens is 398 g/mol. The first-order valence-corrected chi connectivity index (χ1v) is 11.3. The summed E-state index contributed by atoms with van der Waals surface area (Å²) in [6.45, 7) is 13.0. The fraction of sp³-hybridized carbons (Fsp3) is 0.522. The van der Waals surface area contributed by atoms with Crippen LogP contribution in [0.3, 0.4) is 0 Å². The number of nitrogens with zero attached hydrogens (tertiary/aromatic N) is 2. The SMILES string of the molecule is CCC(C)(C)c1ccc2c(c1)N(Cc1nc(C(=O)NC(C)C(C)C)cs1)C(=O)CO2. The summed E-state index contributed by atoms with van der Waals surface area (Å²) in [6, 6.07) is 6.12. The van der Waals surface area contributed by atoms with Gasteiger partial charge < -0.3 is 10.1 Å². The molecular formula is C23H31N3O3S. The molecule has 6 nitrogen and oxygen atoms in total. The lowest BCUT2D eigenvalue weighted by Gasteiger charge is -2.31. The summed E-state index contributed by atoms with van der Waals surface area (Å²) >= 11 is 1.39. The first-order chi connectivity index (χ1) is 14.1. The third-order valence-electron chi connectivity index (χ3n) is 6.00. The molecule has 1 unspecified atom stereocenters. The van der Waals surface area contributed by atoms with Crippen molar-refractivity contribution >= 4 is 28.8 Å². The Morgan fingerprint density at radius 2 is 2.07 bits per heavy atom. The number of carbonyl (C=O) groups is 2. The van der Waals surface area contributed by atoms with Crippen LogP contribution in [0.2, 0.25) is 0 Å². The molecule has 2 aromatic rings. The molecule has 1 atom stereocenters. The van der Waals surface area contributed by atoms with Crippen LogP contribution in [-0.4, -0.2) is 29.4 Å². The van der Waals surface area contributed by atoms with Crippen molar-refractivity contribution in [3.63, 3.8) is 0 Å². The quantitative estimate of drug-likeness (QED) is 0.702. The van der Waals surface area contributed by atoms with E-state index >= 15 is 0 Å². The number of fused-ring (bicyclic) bond motifs is 1. The second kappa shape index (κ2) is 8.76. The summed E-state index contributed by atoms with van der Waals surface area (Å²) in [5.74, 6) is 0.754. The second-order valence-corrected chi connectivity index (χ2v) is 9.76. The minimum atomic E-state index is -0.181. The van der Waals surface area contributed by atoms with E-state index in [-0.39, 0.29) is 29.9 Å². The second-order valence-electron chi connectivity index (χ2n) is 8.82. The lowest BCUT2D eigenvalue weighted by atomic mass is 9.82.